The molecule has 0 saturated carbocycles. The van der Waals surface area contributed by atoms with Crippen molar-refractivity contribution in [1.82, 2.24) is 10.3 Å². The molecule has 5 nitrogen and oxygen atoms in total. The van der Waals surface area contributed by atoms with E-state index in [0.717, 1.165) is 26.6 Å². The SMILES string of the molecule is CC(NC(=S)Nc1ccc(NC(=O)c2ccnc3ccccc23)cc1)c1ccc(Br)cc1. The van der Waals surface area contributed by atoms with E-state index in [1.54, 1.807) is 12.3 Å². The van der Waals surface area contributed by atoms with Crippen LogP contribution in [0.1, 0.15) is 28.9 Å². The quantitative estimate of drug-likeness (QED) is 0.278. The Labute approximate surface area is 200 Å². The van der Waals surface area contributed by atoms with Crippen molar-refractivity contribution >= 4 is 61.4 Å². The number of hydrogen-bond acceptors (Lipinski definition) is 3. The normalized spacial score (nSPS) is 11.6. The summed E-state index contributed by atoms with van der Waals surface area (Å²) in [6.07, 6.45) is 1.65. The van der Waals surface area contributed by atoms with Crippen molar-refractivity contribution < 1.29 is 4.79 Å². The van der Waals surface area contributed by atoms with Crippen molar-refractivity contribution in [2.75, 3.05) is 10.6 Å². The van der Waals surface area contributed by atoms with Crippen molar-refractivity contribution in [3.63, 3.8) is 0 Å². The smallest absolute Gasteiger partial charge is 0.256 e. The van der Waals surface area contributed by atoms with Crippen LogP contribution >= 0.6 is 28.1 Å². The number of pyridine rings is 1. The molecule has 4 aromatic rings. The standard InChI is InChI=1S/C25H21BrN4OS/c1-16(17-6-8-18(26)9-7-17)28-25(32)30-20-12-10-19(11-13-20)29-24(31)22-14-15-27-23-5-3-2-4-21(22)23/h2-16H,1H3,(H,29,31)(H2,28,30,32). The third-order valence-electron chi connectivity index (χ3n) is 5.01. The molecule has 1 aromatic heterocycles. The largest absolute Gasteiger partial charge is 0.356 e. The molecule has 0 radical (unpaired) electrons. The maximum atomic E-state index is 12.8. The van der Waals surface area contributed by atoms with E-state index < -0.39 is 0 Å². The molecule has 1 heterocycles. The molecular formula is C25H21BrN4OS. The van der Waals surface area contributed by atoms with Gasteiger partial charge in [0, 0.05) is 27.4 Å². The number of thiocarbonyl (C=S) groups is 1. The fraction of sp³-hybridized carbons (Fsp3) is 0.0800. The minimum atomic E-state index is -0.176. The van der Waals surface area contributed by atoms with E-state index in [2.05, 4.69) is 43.8 Å². The molecule has 0 fully saturated rings. The molecule has 32 heavy (non-hydrogen) atoms. The molecule has 1 amide bonds. The van der Waals surface area contributed by atoms with Crippen LogP contribution < -0.4 is 16.0 Å². The van der Waals surface area contributed by atoms with Gasteiger partial charge in [-0.05, 0) is 73.2 Å². The summed E-state index contributed by atoms with van der Waals surface area (Å²) >= 11 is 8.89. The van der Waals surface area contributed by atoms with Crippen LogP contribution in [0.2, 0.25) is 0 Å². The molecule has 3 N–H and O–H groups in total. The van der Waals surface area contributed by atoms with Gasteiger partial charge in [-0.2, -0.15) is 0 Å². The third kappa shape index (κ3) is 5.30. The second-order valence-electron chi connectivity index (χ2n) is 7.28. The van der Waals surface area contributed by atoms with E-state index >= 15 is 0 Å². The number of amides is 1. The minimum absolute atomic E-state index is 0.0665. The number of halogens is 1. The van der Waals surface area contributed by atoms with E-state index in [1.807, 2.05) is 72.8 Å². The van der Waals surface area contributed by atoms with Gasteiger partial charge in [-0.15, -0.1) is 0 Å². The van der Waals surface area contributed by atoms with Gasteiger partial charge in [-0.1, -0.05) is 46.3 Å². The van der Waals surface area contributed by atoms with Crippen molar-refractivity contribution in [1.29, 1.82) is 0 Å². The molecule has 1 atom stereocenters. The van der Waals surface area contributed by atoms with E-state index in [1.165, 1.54) is 0 Å². The van der Waals surface area contributed by atoms with Crippen molar-refractivity contribution in [2.24, 2.45) is 0 Å². The molecule has 0 aliphatic carbocycles. The predicted octanol–water partition coefficient (Wildman–Crippen LogP) is 6.30. The summed E-state index contributed by atoms with van der Waals surface area (Å²) in [5.41, 5.74) is 4.05. The summed E-state index contributed by atoms with van der Waals surface area (Å²) in [5.74, 6) is -0.176. The number of rotatable bonds is 5. The molecule has 0 aliphatic rings. The lowest BCUT2D eigenvalue weighted by molar-refractivity contribution is 0.102. The number of anilines is 2. The van der Waals surface area contributed by atoms with Gasteiger partial charge in [0.05, 0.1) is 17.1 Å². The van der Waals surface area contributed by atoms with Crippen LogP contribution in [0.5, 0.6) is 0 Å². The zero-order valence-electron chi connectivity index (χ0n) is 17.3. The molecule has 3 aromatic carbocycles. The second-order valence-corrected chi connectivity index (χ2v) is 8.60. The molecule has 0 spiro atoms. The first-order chi connectivity index (χ1) is 15.5. The van der Waals surface area contributed by atoms with Crippen LogP contribution in [-0.4, -0.2) is 16.0 Å². The average Bonchev–Trinajstić information content (AvgIpc) is 2.80. The Bertz CT molecular complexity index is 1250. The lowest BCUT2D eigenvalue weighted by Crippen LogP contribution is -2.30. The summed E-state index contributed by atoms with van der Waals surface area (Å²) in [6, 6.07) is 24.9. The van der Waals surface area contributed by atoms with Gasteiger partial charge >= 0.3 is 0 Å². The van der Waals surface area contributed by atoms with Gasteiger partial charge in [0.15, 0.2) is 5.11 Å². The van der Waals surface area contributed by atoms with Gasteiger partial charge in [-0.25, -0.2) is 0 Å². The Balaban J connectivity index is 1.37. The fourth-order valence-electron chi connectivity index (χ4n) is 3.33. The molecule has 4 rings (SSSR count). The van der Waals surface area contributed by atoms with Crippen LogP contribution in [0.25, 0.3) is 10.9 Å². The first kappa shape index (κ1) is 21.9. The molecule has 0 bridgehead atoms. The van der Waals surface area contributed by atoms with E-state index in [-0.39, 0.29) is 11.9 Å². The summed E-state index contributed by atoms with van der Waals surface area (Å²) in [4.78, 5) is 17.1. The molecule has 0 aliphatic heterocycles. The Morgan fingerprint density at radius 2 is 1.56 bits per heavy atom. The predicted molar refractivity (Wildman–Crippen MR) is 138 cm³/mol. The monoisotopic (exact) mass is 504 g/mol. The maximum absolute atomic E-state index is 12.8. The van der Waals surface area contributed by atoms with Gasteiger partial charge in [-0.3, -0.25) is 9.78 Å². The first-order valence-electron chi connectivity index (χ1n) is 10.1. The van der Waals surface area contributed by atoms with Gasteiger partial charge in [0.1, 0.15) is 0 Å². The van der Waals surface area contributed by atoms with Crippen LogP contribution in [0, 0.1) is 0 Å². The summed E-state index contributed by atoms with van der Waals surface area (Å²) < 4.78 is 1.04. The average molecular weight is 505 g/mol. The highest BCUT2D eigenvalue weighted by Gasteiger charge is 2.11. The molecule has 7 heteroatoms. The fourth-order valence-corrected chi connectivity index (χ4v) is 3.89. The maximum Gasteiger partial charge on any atom is 0.256 e. The summed E-state index contributed by atoms with van der Waals surface area (Å²) in [6.45, 7) is 2.05. The Kier molecular flexibility index (Phi) is 6.78. The van der Waals surface area contributed by atoms with Crippen molar-refractivity contribution in [3.05, 3.63) is 101 Å². The molecular weight excluding hydrogens is 484 g/mol. The second kappa shape index (κ2) is 9.89. The number of fused-ring (bicyclic) bond motifs is 1. The highest BCUT2D eigenvalue weighted by molar-refractivity contribution is 9.10. The first-order valence-corrected chi connectivity index (χ1v) is 11.3. The number of benzene rings is 3. The highest BCUT2D eigenvalue weighted by atomic mass is 79.9. The molecule has 160 valence electrons. The zero-order valence-corrected chi connectivity index (χ0v) is 19.7. The number of para-hydroxylation sites is 1. The topological polar surface area (TPSA) is 66.0 Å². The Hall–Kier alpha value is -3.29. The minimum Gasteiger partial charge on any atom is -0.356 e. The highest BCUT2D eigenvalue weighted by Crippen LogP contribution is 2.20. The van der Waals surface area contributed by atoms with Crippen LogP contribution in [-0.2, 0) is 0 Å². The van der Waals surface area contributed by atoms with Gasteiger partial charge < -0.3 is 16.0 Å². The zero-order chi connectivity index (χ0) is 22.5. The molecule has 1 unspecified atom stereocenters. The number of aromatic nitrogens is 1. The van der Waals surface area contributed by atoms with Crippen LogP contribution in [0.15, 0.2) is 89.5 Å². The Morgan fingerprint density at radius 1 is 0.906 bits per heavy atom. The van der Waals surface area contributed by atoms with E-state index in [4.69, 9.17) is 12.2 Å². The number of nitrogens with one attached hydrogen (secondary N) is 3. The number of hydrogen-bond donors (Lipinski definition) is 3. The Morgan fingerprint density at radius 3 is 2.28 bits per heavy atom. The van der Waals surface area contributed by atoms with Crippen LogP contribution in [0.4, 0.5) is 11.4 Å². The van der Waals surface area contributed by atoms with Crippen molar-refractivity contribution in [2.45, 2.75) is 13.0 Å². The third-order valence-corrected chi connectivity index (χ3v) is 5.76. The lowest BCUT2D eigenvalue weighted by atomic mass is 10.1. The van der Waals surface area contributed by atoms with E-state index in [9.17, 15) is 4.79 Å². The van der Waals surface area contributed by atoms with Crippen molar-refractivity contribution in [3.8, 4) is 0 Å². The lowest BCUT2D eigenvalue weighted by Gasteiger charge is -2.17. The summed E-state index contributed by atoms with van der Waals surface area (Å²) in [7, 11) is 0. The number of carbonyl (C=O) groups is 1. The van der Waals surface area contributed by atoms with Crippen LogP contribution in [0.3, 0.4) is 0 Å². The van der Waals surface area contributed by atoms with E-state index in [0.29, 0.717) is 16.4 Å². The number of carbonyl (C=O) groups excluding carboxylic acids is 1. The molecule has 0 saturated heterocycles. The number of nitrogens with zero attached hydrogens (tertiary/aromatic N) is 1. The summed E-state index contributed by atoms with van der Waals surface area (Å²) in [5, 5.41) is 10.8. The van der Waals surface area contributed by atoms with Gasteiger partial charge in [0.25, 0.3) is 5.91 Å². The van der Waals surface area contributed by atoms with Gasteiger partial charge in [0.2, 0.25) is 0 Å².